The molecule has 19 heavy (non-hydrogen) atoms. The van der Waals surface area contributed by atoms with Gasteiger partial charge in [0.1, 0.15) is 0 Å². The number of nitrogens with zero attached hydrogens (tertiary/aromatic N) is 1. The van der Waals surface area contributed by atoms with Crippen LogP contribution in [0.4, 0.5) is 5.69 Å². The number of thioether (sulfide) groups is 1. The summed E-state index contributed by atoms with van der Waals surface area (Å²) in [5.74, 6) is 0.245. The Bertz CT molecular complexity index is 665. The number of hydrogen-bond acceptors (Lipinski definition) is 4. The van der Waals surface area contributed by atoms with Crippen LogP contribution >= 0.6 is 39.3 Å². The summed E-state index contributed by atoms with van der Waals surface area (Å²) in [4.78, 5) is 1.74. The molecular weight excluding hydrogens is 372 g/mol. The molecule has 0 aromatic heterocycles. The summed E-state index contributed by atoms with van der Waals surface area (Å²) in [7, 11) is -3.00. The normalized spacial score (nSPS) is 28.7. The van der Waals surface area contributed by atoms with Gasteiger partial charge in [0.05, 0.1) is 28.3 Å². The molecule has 1 N–H and O–H groups in total. The number of rotatable bonds is 1. The highest BCUT2D eigenvalue weighted by molar-refractivity contribution is 9.10. The second kappa shape index (κ2) is 4.65. The van der Waals surface area contributed by atoms with Gasteiger partial charge in [0.15, 0.2) is 15.0 Å². The van der Waals surface area contributed by atoms with Crippen LogP contribution in [0, 0.1) is 5.41 Å². The first-order valence-electron chi connectivity index (χ1n) is 5.57. The molecule has 0 radical (unpaired) electrons. The molecule has 2 saturated heterocycles. The Labute approximate surface area is 129 Å². The molecule has 0 saturated carbocycles. The fraction of sp³-hybridized carbons (Fsp3) is 0.364. The van der Waals surface area contributed by atoms with Gasteiger partial charge in [-0.25, -0.2) is 8.42 Å². The van der Waals surface area contributed by atoms with Crippen LogP contribution in [0.1, 0.15) is 0 Å². The first-order chi connectivity index (χ1) is 8.87. The van der Waals surface area contributed by atoms with E-state index in [0.29, 0.717) is 15.9 Å². The molecule has 0 bridgehead atoms. The van der Waals surface area contributed by atoms with Crippen LogP contribution in [-0.4, -0.2) is 36.4 Å². The van der Waals surface area contributed by atoms with Crippen molar-refractivity contribution in [2.75, 3.05) is 16.4 Å². The van der Waals surface area contributed by atoms with Gasteiger partial charge in [-0.3, -0.25) is 5.41 Å². The molecule has 4 nitrogen and oxygen atoms in total. The number of halogens is 2. The third kappa shape index (κ3) is 2.41. The Morgan fingerprint density at radius 2 is 2.16 bits per heavy atom. The lowest BCUT2D eigenvalue weighted by atomic mass is 10.2. The Morgan fingerprint density at radius 3 is 2.84 bits per heavy atom. The summed E-state index contributed by atoms with van der Waals surface area (Å²) in [5.41, 5.74) is 0.701. The zero-order valence-corrected chi connectivity index (χ0v) is 13.6. The average molecular weight is 382 g/mol. The minimum atomic E-state index is -3.00. The van der Waals surface area contributed by atoms with Gasteiger partial charge in [0.2, 0.25) is 0 Å². The van der Waals surface area contributed by atoms with E-state index >= 15 is 0 Å². The molecule has 1 aromatic rings. The van der Waals surface area contributed by atoms with Crippen LogP contribution in [0.15, 0.2) is 22.7 Å². The Hall–Kier alpha value is -0.240. The third-order valence-corrected chi connectivity index (χ3v) is 7.18. The highest BCUT2D eigenvalue weighted by Gasteiger charge is 2.49. The van der Waals surface area contributed by atoms with E-state index in [1.54, 1.807) is 11.0 Å². The largest absolute Gasteiger partial charge is 0.315 e. The third-order valence-electron chi connectivity index (χ3n) is 3.25. The lowest BCUT2D eigenvalue weighted by molar-refractivity contribution is 0.601. The maximum atomic E-state index is 11.7. The van der Waals surface area contributed by atoms with Crippen molar-refractivity contribution in [3.63, 3.8) is 0 Å². The number of nitrogens with one attached hydrogen (secondary N) is 1. The van der Waals surface area contributed by atoms with Gasteiger partial charge in [-0.05, 0) is 18.2 Å². The quantitative estimate of drug-likeness (QED) is 0.812. The first kappa shape index (κ1) is 13.7. The van der Waals surface area contributed by atoms with Gasteiger partial charge in [-0.2, -0.15) is 0 Å². The summed E-state index contributed by atoms with van der Waals surface area (Å²) in [6.45, 7) is 0. The highest BCUT2D eigenvalue weighted by Crippen LogP contribution is 2.42. The zero-order chi connectivity index (χ0) is 13.8. The van der Waals surface area contributed by atoms with Gasteiger partial charge in [-0.1, -0.05) is 39.3 Å². The van der Waals surface area contributed by atoms with Gasteiger partial charge < -0.3 is 4.90 Å². The molecule has 2 heterocycles. The second-order valence-corrected chi connectivity index (χ2v) is 9.28. The number of fused-ring (bicyclic) bond motifs is 1. The molecule has 3 rings (SSSR count). The van der Waals surface area contributed by atoms with Crippen LogP contribution in [0.5, 0.6) is 0 Å². The molecule has 0 aliphatic carbocycles. The maximum absolute atomic E-state index is 11.7. The van der Waals surface area contributed by atoms with E-state index in [2.05, 4.69) is 15.9 Å². The van der Waals surface area contributed by atoms with Gasteiger partial charge in [0.25, 0.3) is 0 Å². The second-order valence-electron chi connectivity index (χ2n) is 4.57. The molecule has 2 aliphatic heterocycles. The maximum Gasteiger partial charge on any atom is 0.161 e. The van der Waals surface area contributed by atoms with E-state index in [1.807, 2.05) is 12.1 Å². The van der Waals surface area contributed by atoms with Crippen LogP contribution in [0.3, 0.4) is 0 Å². The predicted molar refractivity (Wildman–Crippen MR) is 83.2 cm³/mol. The van der Waals surface area contributed by atoms with Crippen molar-refractivity contribution in [1.29, 1.82) is 5.41 Å². The van der Waals surface area contributed by atoms with E-state index in [1.165, 1.54) is 11.8 Å². The molecule has 102 valence electrons. The lowest BCUT2D eigenvalue weighted by Gasteiger charge is -2.24. The Morgan fingerprint density at radius 1 is 1.42 bits per heavy atom. The van der Waals surface area contributed by atoms with Crippen molar-refractivity contribution in [2.24, 2.45) is 0 Å². The minimum Gasteiger partial charge on any atom is -0.315 e. The summed E-state index contributed by atoms with van der Waals surface area (Å²) in [6.07, 6.45) is 0. The molecule has 2 fully saturated rings. The van der Waals surface area contributed by atoms with E-state index in [-0.39, 0.29) is 22.8 Å². The Balaban J connectivity index is 2.02. The number of hydrogen-bond donors (Lipinski definition) is 1. The van der Waals surface area contributed by atoms with Gasteiger partial charge >= 0.3 is 0 Å². The predicted octanol–water partition coefficient (Wildman–Crippen LogP) is 2.76. The number of benzene rings is 1. The topological polar surface area (TPSA) is 61.2 Å². The number of anilines is 1. The molecule has 0 amide bonds. The summed E-state index contributed by atoms with van der Waals surface area (Å²) < 4.78 is 24.3. The van der Waals surface area contributed by atoms with Gasteiger partial charge in [0, 0.05) is 9.72 Å². The minimum absolute atomic E-state index is 0.0581. The van der Waals surface area contributed by atoms with Crippen LogP contribution in [-0.2, 0) is 9.84 Å². The molecule has 2 atom stereocenters. The monoisotopic (exact) mass is 380 g/mol. The van der Waals surface area contributed by atoms with Crippen LogP contribution < -0.4 is 4.90 Å². The van der Waals surface area contributed by atoms with Crippen LogP contribution in [0.2, 0.25) is 5.02 Å². The molecule has 0 unspecified atom stereocenters. The number of sulfone groups is 1. The van der Waals surface area contributed by atoms with Crippen molar-refractivity contribution >= 4 is 60.0 Å². The SMILES string of the molecule is N=C1S[C@H]2CS(=O)(=O)C[C@@H]2N1c1ccc(Br)cc1Cl. The highest BCUT2D eigenvalue weighted by atomic mass is 79.9. The molecule has 1 aromatic carbocycles. The van der Waals surface area contributed by atoms with E-state index in [0.717, 1.165) is 4.47 Å². The smallest absolute Gasteiger partial charge is 0.161 e. The molecule has 0 spiro atoms. The van der Waals surface area contributed by atoms with Crippen molar-refractivity contribution in [2.45, 2.75) is 11.3 Å². The fourth-order valence-electron chi connectivity index (χ4n) is 2.47. The zero-order valence-electron chi connectivity index (χ0n) is 9.64. The summed E-state index contributed by atoms with van der Waals surface area (Å²) in [6, 6.07) is 5.23. The van der Waals surface area contributed by atoms with E-state index < -0.39 is 9.84 Å². The summed E-state index contributed by atoms with van der Waals surface area (Å²) in [5, 5.41) is 8.87. The molecule has 2 aliphatic rings. The lowest BCUT2D eigenvalue weighted by Crippen LogP contribution is -2.37. The van der Waals surface area contributed by atoms with Crippen molar-refractivity contribution in [3.05, 3.63) is 27.7 Å². The average Bonchev–Trinajstić information content (AvgIpc) is 2.70. The number of amidine groups is 1. The van der Waals surface area contributed by atoms with Crippen LogP contribution in [0.25, 0.3) is 0 Å². The van der Waals surface area contributed by atoms with Crippen molar-refractivity contribution < 1.29 is 8.42 Å². The summed E-state index contributed by atoms with van der Waals surface area (Å²) >= 11 is 10.9. The van der Waals surface area contributed by atoms with E-state index in [9.17, 15) is 8.42 Å². The first-order valence-corrected chi connectivity index (χ1v) is 9.44. The van der Waals surface area contributed by atoms with E-state index in [4.69, 9.17) is 17.0 Å². The Kier molecular flexibility index (Phi) is 3.36. The molecule has 8 heteroatoms. The standard InChI is InChI=1S/C11H10BrClN2O2S2/c12-6-1-2-8(7(13)3-6)15-9-4-19(16,17)5-10(9)18-11(15)14/h1-3,9-10,14H,4-5H2/t9-,10-/m0/s1. The fourth-order valence-corrected chi connectivity index (χ4v) is 7.02. The van der Waals surface area contributed by atoms with Gasteiger partial charge in [-0.15, -0.1) is 0 Å². The molecular formula is C11H10BrClN2O2S2. The van der Waals surface area contributed by atoms with Crippen molar-refractivity contribution in [1.82, 2.24) is 0 Å². The van der Waals surface area contributed by atoms with Crippen molar-refractivity contribution in [3.8, 4) is 0 Å².